The second-order valence-electron chi connectivity index (χ2n) is 7.02. The molecule has 1 aliphatic rings. The van der Waals surface area contributed by atoms with Crippen molar-refractivity contribution in [2.24, 2.45) is 5.92 Å². The summed E-state index contributed by atoms with van der Waals surface area (Å²) in [6, 6.07) is 1.77. The van der Waals surface area contributed by atoms with Crippen molar-refractivity contribution in [1.29, 1.82) is 0 Å². The van der Waals surface area contributed by atoms with Crippen LogP contribution in [0.2, 0.25) is 0 Å². The van der Waals surface area contributed by atoms with Crippen LogP contribution in [0.1, 0.15) is 40.5 Å². The van der Waals surface area contributed by atoms with Crippen molar-refractivity contribution in [1.82, 2.24) is 20.2 Å². The molecule has 2 heterocycles. The van der Waals surface area contributed by atoms with E-state index in [0.29, 0.717) is 11.7 Å². The van der Waals surface area contributed by atoms with E-state index >= 15 is 0 Å². The largest absolute Gasteiger partial charge is 0.353 e. The standard InChI is InChI=1S/C17H28N4OS/c1-13-7-5-10-21(11-13)17(3,4)12-20-15(22)14(2)23-16-18-8-6-9-19-16/h6,8-9,13-14H,5,7,10-12H2,1-4H3,(H,20,22). The highest BCUT2D eigenvalue weighted by atomic mass is 32.2. The molecule has 23 heavy (non-hydrogen) atoms. The van der Waals surface area contributed by atoms with E-state index in [-0.39, 0.29) is 16.7 Å². The Labute approximate surface area is 143 Å². The molecule has 1 fully saturated rings. The molecule has 0 bridgehead atoms. The highest BCUT2D eigenvalue weighted by Crippen LogP contribution is 2.24. The average Bonchev–Trinajstić information content (AvgIpc) is 2.53. The minimum Gasteiger partial charge on any atom is -0.353 e. The first-order valence-corrected chi connectivity index (χ1v) is 9.23. The van der Waals surface area contributed by atoms with E-state index < -0.39 is 0 Å². The van der Waals surface area contributed by atoms with Crippen molar-refractivity contribution >= 4 is 17.7 Å². The van der Waals surface area contributed by atoms with Gasteiger partial charge in [-0.1, -0.05) is 18.7 Å². The Hall–Kier alpha value is -1.14. The first-order chi connectivity index (χ1) is 10.9. The Morgan fingerprint density at radius 3 is 2.83 bits per heavy atom. The topological polar surface area (TPSA) is 58.1 Å². The van der Waals surface area contributed by atoms with E-state index in [1.807, 2.05) is 6.92 Å². The average molecular weight is 337 g/mol. The number of amides is 1. The van der Waals surface area contributed by atoms with Crippen LogP contribution in [0, 0.1) is 5.92 Å². The number of likely N-dealkylation sites (tertiary alicyclic amines) is 1. The molecule has 0 radical (unpaired) electrons. The predicted octanol–water partition coefficient (Wildman–Crippen LogP) is 2.58. The molecular weight excluding hydrogens is 308 g/mol. The maximum atomic E-state index is 12.3. The fourth-order valence-corrected chi connectivity index (χ4v) is 3.61. The van der Waals surface area contributed by atoms with Crippen molar-refractivity contribution in [3.8, 4) is 0 Å². The van der Waals surface area contributed by atoms with Crippen molar-refractivity contribution in [3.63, 3.8) is 0 Å². The maximum Gasteiger partial charge on any atom is 0.233 e. The molecular formula is C17H28N4OS. The Bertz CT molecular complexity index is 509. The van der Waals surface area contributed by atoms with Crippen LogP contribution < -0.4 is 5.32 Å². The first-order valence-electron chi connectivity index (χ1n) is 8.35. The zero-order valence-corrected chi connectivity index (χ0v) is 15.4. The van der Waals surface area contributed by atoms with Gasteiger partial charge in [-0.05, 0) is 52.1 Å². The number of carbonyl (C=O) groups is 1. The minimum absolute atomic E-state index is 0.0159. The van der Waals surface area contributed by atoms with Crippen molar-refractivity contribution in [3.05, 3.63) is 18.5 Å². The molecule has 0 saturated carbocycles. The lowest BCUT2D eigenvalue weighted by molar-refractivity contribution is -0.121. The third-order valence-corrected chi connectivity index (χ3v) is 5.39. The monoisotopic (exact) mass is 336 g/mol. The van der Waals surface area contributed by atoms with Gasteiger partial charge < -0.3 is 5.32 Å². The number of piperidine rings is 1. The molecule has 5 nitrogen and oxygen atoms in total. The number of rotatable bonds is 6. The molecule has 6 heteroatoms. The minimum atomic E-state index is -0.200. The van der Waals surface area contributed by atoms with Gasteiger partial charge in [-0.3, -0.25) is 9.69 Å². The number of hydrogen-bond acceptors (Lipinski definition) is 5. The Morgan fingerprint density at radius 1 is 1.48 bits per heavy atom. The van der Waals surface area contributed by atoms with Crippen molar-refractivity contribution < 1.29 is 4.79 Å². The van der Waals surface area contributed by atoms with E-state index in [9.17, 15) is 4.79 Å². The molecule has 2 atom stereocenters. The highest BCUT2D eigenvalue weighted by Gasteiger charge is 2.31. The molecule has 0 spiro atoms. The van der Waals surface area contributed by atoms with Crippen LogP contribution in [0.25, 0.3) is 0 Å². The molecule has 2 rings (SSSR count). The molecule has 0 aliphatic carbocycles. The lowest BCUT2D eigenvalue weighted by Crippen LogP contribution is -2.55. The van der Waals surface area contributed by atoms with E-state index in [1.165, 1.54) is 24.6 Å². The summed E-state index contributed by atoms with van der Waals surface area (Å²) in [5.41, 5.74) is -0.0159. The summed E-state index contributed by atoms with van der Waals surface area (Å²) in [7, 11) is 0. The van der Waals surface area contributed by atoms with Gasteiger partial charge in [0.1, 0.15) is 0 Å². The van der Waals surface area contributed by atoms with E-state index in [0.717, 1.165) is 19.0 Å². The summed E-state index contributed by atoms with van der Waals surface area (Å²) in [5.74, 6) is 0.782. The summed E-state index contributed by atoms with van der Waals surface area (Å²) in [6.45, 7) is 11.5. The third kappa shape index (κ3) is 5.46. The predicted molar refractivity (Wildman–Crippen MR) is 94.4 cm³/mol. The van der Waals surface area contributed by atoms with Crippen LogP contribution in [-0.2, 0) is 4.79 Å². The molecule has 1 amide bonds. The number of hydrogen-bond donors (Lipinski definition) is 1. The van der Waals surface area contributed by atoms with Crippen LogP contribution in [0.4, 0.5) is 0 Å². The molecule has 1 N–H and O–H groups in total. The number of nitrogens with zero attached hydrogens (tertiary/aromatic N) is 3. The van der Waals surface area contributed by atoms with Gasteiger partial charge in [-0.15, -0.1) is 0 Å². The van der Waals surface area contributed by atoms with Gasteiger partial charge in [0.2, 0.25) is 5.91 Å². The van der Waals surface area contributed by atoms with Gasteiger partial charge in [0.15, 0.2) is 5.16 Å². The van der Waals surface area contributed by atoms with E-state index in [2.05, 4.69) is 41.0 Å². The number of aromatic nitrogens is 2. The molecule has 1 aromatic rings. The molecule has 2 unspecified atom stereocenters. The zero-order valence-electron chi connectivity index (χ0n) is 14.6. The maximum absolute atomic E-state index is 12.3. The SMILES string of the molecule is CC1CCCN(C(C)(C)CNC(=O)C(C)Sc2ncccn2)C1. The Morgan fingerprint density at radius 2 is 2.17 bits per heavy atom. The molecule has 1 saturated heterocycles. The molecule has 1 aromatic heterocycles. The smallest absolute Gasteiger partial charge is 0.233 e. The van der Waals surface area contributed by atoms with Gasteiger partial charge in [0.25, 0.3) is 0 Å². The summed E-state index contributed by atoms with van der Waals surface area (Å²) in [5, 5.41) is 3.54. The van der Waals surface area contributed by atoms with Crippen LogP contribution in [0.15, 0.2) is 23.6 Å². The zero-order chi connectivity index (χ0) is 16.9. The Balaban J connectivity index is 1.82. The summed E-state index contributed by atoms with van der Waals surface area (Å²) in [6.07, 6.45) is 5.95. The van der Waals surface area contributed by atoms with Crippen LogP contribution in [0.5, 0.6) is 0 Å². The fraction of sp³-hybridized carbons (Fsp3) is 0.706. The second-order valence-corrected chi connectivity index (χ2v) is 8.32. The Kier molecular flexibility index (Phi) is 6.41. The van der Waals surface area contributed by atoms with Gasteiger partial charge >= 0.3 is 0 Å². The number of carbonyl (C=O) groups excluding carboxylic acids is 1. The fourth-order valence-electron chi connectivity index (χ4n) is 2.86. The number of nitrogens with one attached hydrogen (secondary N) is 1. The lowest BCUT2D eigenvalue weighted by atomic mass is 9.93. The van der Waals surface area contributed by atoms with Gasteiger partial charge in [0, 0.05) is 31.0 Å². The molecule has 1 aliphatic heterocycles. The number of thioether (sulfide) groups is 1. The van der Waals surface area contributed by atoms with Crippen LogP contribution >= 0.6 is 11.8 Å². The third-order valence-electron chi connectivity index (χ3n) is 4.40. The molecule has 0 aromatic carbocycles. The normalized spacial score (nSPS) is 21.0. The van der Waals surface area contributed by atoms with E-state index in [1.54, 1.807) is 18.5 Å². The highest BCUT2D eigenvalue weighted by molar-refractivity contribution is 8.00. The van der Waals surface area contributed by atoms with Gasteiger partial charge in [-0.2, -0.15) is 0 Å². The van der Waals surface area contributed by atoms with Crippen molar-refractivity contribution in [2.75, 3.05) is 19.6 Å². The van der Waals surface area contributed by atoms with Crippen molar-refractivity contribution in [2.45, 2.75) is 56.5 Å². The quantitative estimate of drug-likeness (QED) is 0.639. The summed E-state index contributed by atoms with van der Waals surface area (Å²) < 4.78 is 0. The lowest BCUT2D eigenvalue weighted by Gasteiger charge is -2.43. The van der Waals surface area contributed by atoms with E-state index in [4.69, 9.17) is 0 Å². The summed E-state index contributed by atoms with van der Waals surface area (Å²) in [4.78, 5) is 23.1. The first kappa shape index (κ1) is 18.2. The van der Waals surface area contributed by atoms with Gasteiger partial charge in [-0.25, -0.2) is 9.97 Å². The summed E-state index contributed by atoms with van der Waals surface area (Å²) >= 11 is 1.39. The second kappa shape index (κ2) is 8.11. The molecule has 128 valence electrons. The van der Waals surface area contributed by atoms with Crippen LogP contribution in [0.3, 0.4) is 0 Å². The van der Waals surface area contributed by atoms with Crippen LogP contribution in [-0.4, -0.2) is 51.2 Å². The van der Waals surface area contributed by atoms with Gasteiger partial charge in [0.05, 0.1) is 5.25 Å².